The molecule has 6 unspecified atom stereocenters. The van der Waals surface area contributed by atoms with Gasteiger partial charge in [0.15, 0.2) is 0 Å². The molecule has 4 fully saturated rings. The minimum Gasteiger partial charge on any atom is -0.497 e. The Kier molecular flexibility index (Phi) is 7.43. The predicted molar refractivity (Wildman–Crippen MR) is 187 cm³/mol. The number of amides is 4. The van der Waals surface area contributed by atoms with E-state index in [1.165, 1.54) is 9.80 Å². The number of imide groups is 2. The lowest BCUT2D eigenvalue weighted by molar-refractivity contribution is -0.136. The highest BCUT2D eigenvalue weighted by Crippen LogP contribution is 2.60. The monoisotopic (exact) mass is 670 g/mol. The molecular weight excluding hydrogens is 632 g/mol. The van der Waals surface area contributed by atoms with Crippen molar-refractivity contribution in [2.24, 2.45) is 11.8 Å². The molecule has 4 aliphatic heterocycles. The maximum absolute atomic E-state index is 14.8. The summed E-state index contributed by atoms with van der Waals surface area (Å²) in [4.78, 5) is 61.6. The molecule has 10 heteroatoms. The van der Waals surface area contributed by atoms with Crippen LogP contribution in [0.25, 0.3) is 0 Å². The quantitative estimate of drug-likeness (QED) is 0.252. The largest absolute Gasteiger partial charge is 0.497 e. The minimum atomic E-state index is -0.955. The number of anilines is 2. The Bertz CT molecular complexity index is 1890. The smallest absolute Gasteiger partial charge is 0.253 e. The van der Waals surface area contributed by atoms with Gasteiger partial charge in [-0.2, -0.15) is 0 Å². The molecule has 0 saturated carbocycles. The summed E-state index contributed by atoms with van der Waals surface area (Å²) >= 11 is 0. The van der Waals surface area contributed by atoms with Crippen LogP contribution < -0.4 is 19.3 Å². The predicted octanol–water partition coefficient (Wildman–Crippen LogP) is 5.38. The van der Waals surface area contributed by atoms with E-state index in [0.29, 0.717) is 22.9 Å². The second-order valence-corrected chi connectivity index (χ2v) is 13.9. The number of ether oxygens (including phenoxy) is 2. The van der Waals surface area contributed by atoms with Gasteiger partial charge in [0, 0.05) is 0 Å². The highest BCUT2D eigenvalue weighted by atomic mass is 16.5. The van der Waals surface area contributed by atoms with Crippen molar-refractivity contribution in [3.8, 4) is 11.5 Å². The highest BCUT2D eigenvalue weighted by molar-refractivity contribution is 6.26. The third-order valence-electron chi connectivity index (χ3n) is 10.6. The zero-order valence-electron chi connectivity index (χ0n) is 28.8. The van der Waals surface area contributed by atoms with Gasteiger partial charge in [0.2, 0.25) is 11.8 Å². The molecule has 4 aromatic rings. The Morgan fingerprint density at radius 2 is 0.760 bits per heavy atom. The molecule has 0 radical (unpaired) electrons. The van der Waals surface area contributed by atoms with E-state index in [4.69, 9.17) is 9.47 Å². The van der Waals surface area contributed by atoms with E-state index < -0.39 is 36.0 Å². The summed E-state index contributed by atoms with van der Waals surface area (Å²) in [7, 11) is 3.16. The molecule has 6 atom stereocenters. The third-order valence-corrected chi connectivity index (χ3v) is 10.6. The van der Waals surface area contributed by atoms with Crippen LogP contribution in [0.2, 0.25) is 0 Å². The SMILES string of the molecule is COc1ccc(C2C3C(=O)N(c4cc(C)cc(C)c4)C(=O)C3N3C(c4ccc(OC)cc4)C4C(=O)N(c5cc(C)cc(C)c5)C(=O)C4N23)cc1. The summed E-state index contributed by atoms with van der Waals surface area (Å²) in [6.45, 7) is 7.74. The fraction of sp³-hybridized carbons (Fsp3) is 0.300. The van der Waals surface area contributed by atoms with Crippen molar-refractivity contribution in [2.75, 3.05) is 24.0 Å². The van der Waals surface area contributed by atoms with Crippen LogP contribution in [-0.2, 0) is 19.2 Å². The summed E-state index contributed by atoms with van der Waals surface area (Å²) in [5.74, 6) is -1.87. The molecule has 4 saturated heterocycles. The summed E-state index contributed by atoms with van der Waals surface area (Å²) in [5, 5.41) is 3.77. The normalized spacial score (nSPS) is 26.1. The number of hydrogen-bond donors (Lipinski definition) is 0. The molecule has 0 spiro atoms. The molecule has 4 amide bonds. The number of rotatable bonds is 6. The van der Waals surface area contributed by atoms with E-state index in [2.05, 4.69) is 0 Å². The van der Waals surface area contributed by atoms with E-state index >= 15 is 0 Å². The number of hydrazine groups is 1. The Morgan fingerprint density at radius 3 is 1.06 bits per heavy atom. The average molecular weight is 671 g/mol. The summed E-state index contributed by atoms with van der Waals surface area (Å²) < 4.78 is 10.9. The summed E-state index contributed by atoms with van der Waals surface area (Å²) in [6, 6.07) is 22.8. The first kappa shape index (κ1) is 31.9. The number of fused-ring (bicyclic) bond motifs is 5. The van der Waals surface area contributed by atoms with Crippen molar-refractivity contribution in [1.82, 2.24) is 10.0 Å². The zero-order valence-corrected chi connectivity index (χ0v) is 28.8. The van der Waals surface area contributed by atoms with Crippen LogP contribution >= 0.6 is 0 Å². The minimum absolute atomic E-state index is 0.340. The lowest BCUT2D eigenvalue weighted by Crippen LogP contribution is -2.50. The van der Waals surface area contributed by atoms with Gasteiger partial charge in [-0.1, -0.05) is 36.4 Å². The van der Waals surface area contributed by atoms with E-state index in [1.54, 1.807) is 14.2 Å². The van der Waals surface area contributed by atoms with Gasteiger partial charge in [-0.05, 0) is 110 Å². The second kappa shape index (κ2) is 11.6. The first-order valence-corrected chi connectivity index (χ1v) is 16.8. The van der Waals surface area contributed by atoms with Crippen molar-refractivity contribution < 1.29 is 28.7 Å². The Hall–Kier alpha value is -5.32. The number of carbonyl (C=O) groups is 4. The summed E-state index contributed by atoms with van der Waals surface area (Å²) in [5.41, 5.74) is 6.24. The molecule has 4 aliphatic rings. The van der Waals surface area contributed by atoms with Crippen LogP contribution in [0, 0.1) is 39.5 Å². The van der Waals surface area contributed by atoms with Gasteiger partial charge in [0.1, 0.15) is 23.6 Å². The number of nitrogens with zero attached hydrogens (tertiary/aromatic N) is 4. The van der Waals surface area contributed by atoms with Gasteiger partial charge in [0.05, 0.1) is 49.5 Å². The van der Waals surface area contributed by atoms with Crippen molar-refractivity contribution in [1.29, 1.82) is 0 Å². The molecule has 0 bridgehead atoms. The van der Waals surface area contributed by atoms with Crippen molar-refractivity contribution in [3.05, 3.63) is 118 Å². The van der Waals surface area contributed by atoms with E-state index in [9.17, 15) is 19.2 Å². The number of aryl methyl sites for hydroxylation is 4. The second-order valence-electron chi connectivity index (χ2n) is 13.9. The Morgan fingerprint density at radius 1 is 0.440 bits per heavy atom. The Labute approximate surface area is 290 Å². The van der Waals surface area contributed by atoms with Gasteiger partial charge in [-0.15, -0.1) is 0 Å². The fourth-order valence-electron chi connectivity index (χ4n) is 8.77. The maximum Gasteiger partial charge on any atom is 0.253 e. The number of hydrogen-bond acceptors (Lipinski definition) is 8. The third kappa shape index (κ3) is 4.62. The first-order chi connectivity index (χ1) is 24.0. The van der Waals surface area contributed by atoms with Crippen LogP contribution in [0.3, 0.4) is 0 Å². The van der Waals surface area contributed by atoms with E-state index in [1.807, 2.05) is 123 Å². The number of benzene rings is 4. The van der Waals surface area contributed by atoms with Crippen molar-refractivity contribution >= 4 is 35.0 Å². The standard InChI is InChI=1S/C40H38N4O6/c1-21-15-22(2)18-27(17-21)41-37(45)31-33(25-7-11-29(49-5)12-8-25)44-36-32(38(46)42(40(36)48)28-19-23(3)16-24(4)20-28)34(43(44)35(31)39(41)47)26-9-13-30(50-6)14-10-26/h7-20,31-36H,1-6H3. The number of methoxy groups -OCH3 is 2. The molecule has 0 aliphatic carbocycles. The van der Waals surface area contributed by atoms with Crippen molar-refractivity contribution in [3.63, 3.8) is 0 Å². The average Bonchev–Trinajstić information content (AvgIpc) is 3.75. The van der Waals surface area contributed by atoms with Crippen molar-refractivity contribution in [2.45, 2.75) is 51.9 Å². The van der Waals surface area contributed by atoms with Crippen LogP contribution in [-0.4, -0.2) is 59.9 Å². The van der Waals surface area contributed by atoms with Crippen LogP contribution in [0.15, 0.2) is 84.9 Å². The maximum atomic E-state index is 14.8. The fourth-order valence-corrected chi connectivity index (χ4v) is 8.77. The molecule has 10 nitrogen and oxygen atoms in total. The highest BCUT2D eigenvalue weighted by Gasteiger charge is 2.73. The zero-order chi connectivity index (χ0) is 35.2. The van der Waals surface area contributed by atoms with Crippen LogP contribution in [0.1, 0.15) is 45.5 Å². The van der Waals surface area contributed by atoms with E-state index in [0.717, 1.165) is 33.4 Å². The van der Waals surface area contributed by atoms with Gasteiger partial charge in [-0.25, -0.2) is 19.8 Å². The van der Waals surface area contributed by atoms with Gasteiger partial charge in [0.25, 0.3) is 11.8 Å². The van der Waals surface area contributed by atoms with E-state index in [-0.39, 0.29) is 23.6 Å². The first-order valence-electron chi connectivity index (χ1n) is 16.8. The molecule has 50 heavy (non-hydrogen) atoms. The number of carbonyl (C=O) groups excluding carboxylic acids is 4. The molecule has 8 rings (SSSR count). The molecule has 0 N–H and O–H groups in total. The lowest BCUT2D eigenvalue weighted by atomic mass is 9.84. The topological polar surface area (TPSA) is 99.7 Å². The van der Waals surface area contributed by atoms with Crippen LogP contribution in [0.5, 0.6) is 11.5 Å². The molecule has 4 aromatic carbocycles. The Balaban J connectivity index is 1.33. The molecule has 0 aromatic heterocycles. The lowest BCUT2D eigenvalue weighted by Gasteiger charge is -2.36. The molecule has 254 valence electrons. The van der Waals surface area contributed by atoms with Gasteiger partial charge < -0.3 is 9.47 Å². The van der Waals surface area contributed by atoms with Crippen LogP contribution in [0.4, 0.5) is 11.4 Å². The van der Waals surface area contributed by atoms with Gasteiger partial charge in [-0.3, -0.25) is 19.2 Å². The molecular formula is C40H38N4O6. The summed E-state index contributed by atoms with van der Waals surface area (Å²) in [6.07, 6.45) is 0. The molecule has 4 heterocycles. The van der Waals surface area contributed by atoms with Gasteiger partial charge >= 0.3 is 0 Å².